The maximum atomic E-state index is 10.6. The smallest absolute Gasteiger partial charge is 0.332 e. The van der Waals surface area contributed by atoms with Crippen molar-refractivity contribution in [2.45, 2.75) is 187 Å². The fraction of sp³-hybridized carbons (Fsp3) is 0.500. The summed E-state index contributed by atoms with van der Waals surface area (Å²) in [6.07, 6.45) is 27.3. The minimum Gasteiger partial charge on any atom is -0.427 e. The molecule has 0 unspecified atom stereocenters. The van der Waals surface area contributed by atoms with Gasteiger partial charge >= 0.3 is 7.48 Å². The van der Waals surface area contributed by atoms with Crippen molar-refractivity contribution in [3.8, 4) is 33.5 Å². The van der Waals surface area contributed by atoms with E-state index in [-0.39, 0.29) is 5.41 Å². The molecule has 329 valence electrons. The molecule has 0 saturated heterocycles. The van der Waals surface area contributed by atoms with Crippen LogP contribution < -0.4 is 5.46 Å². The van der Waals surface area contributed by atoms with Crippen LogP contribution >= 0.6 is 0 Å². The number of nitrogens with zero attached hydrogens (tertiary/aromatic N) is 1. The van der Waals surface area contributed by atoms with Crippen molar-refractivity contribution in [2.75, 3.05) is 0 Å². The van der Waals surface area contributed by atoms with Crippen LogP contribution in [0.15, 0.2) is 109 Å². The first kappa shape index (κ1) is 47.5. The molecule has 1 aliphatic carbocycles. The van der Waals surface area contributed by atoms with Gasteiger partial charge < -0.3 is 9.76 Å². The third kappa shape index (κ3) is 12.6. The molecule has 0 saturated carbocycles. The molecule has 1 aromatic heterocycles. The Hall–Kier alpha value is -3.99. The van der Waals surface area contributed by atoms with E-state index >= 15 is 0 Å². The SMILES string of the molecule is CCCCCCCCC1(CCCCCCCC)c2cc(-c3cccc(CCCCCCc4ccccc4)c3)ccc2-c2ccc(-c3ccc([B]OC(C)(C)C(C)(C)O)cn3)cc21. The predicted molar refractivity (Wildman–Crippen MR) is 266 cm³/mol. The van der Waals surface area contributed by atoms with Crippen LogP contribution in [0.1, 0.15) is 179 Å². The van der Waals surface area contributed by atoms with Crippen molar-refractivity contribution in [1.29, 1.82) is 0 Å². The number of aromatic nitrogens is 1. The van der Waals surface area contributed by atoms with Gasteiger partial charge in [-0.3, -0.25) is 4.98 Å². The van der Waals surface area contributed by atoms with Crippen LogP contribution in [0.25, 0.3) is 33.5 Å². The van der Waals surface area contributed by atoms with Crippen molar-refractivity contribution >= 4 is 12.9 Å². The molecule has 0 amide bonds. The zero-order valence-electron chi connectivity index (χ0n) is 39.4. The van der Waals surface area contributed by atoms with Gasteiger partial charge in [-0.2, -0.15) is 0 Å². The Kier molecular flexibility index (Phi) is 17.7. The lowest BCUT2D eigenvalue weighted by Crippen LogP contribution is -2.49. The van der Waals surface area contributed by atoms with E-state index in [0.717, 1.165) is 17.6 Å². The van der Waals surface area contributed by atoms with Crippen molar-refractivity contribution in [1.82, 2.24) is 4.98 Å². The number of pyridine rings is 1. The summed E-state index contributed by atoms with van der Waals surface area (Å²) in [4.78, 5) is 4.98. The first-order valence-corrected chi connectivity index (χ1v) is 24.7. The highest BCUT2D eigenvalue weighted by atomic mass is 16.5. The van der Waals surface area contributed by atoms with Crippen LogP contribution in [0.5, 0.6) is 0 Å². The van der Waals surface area contributed by atoms with Crippen molar-refractivity contribution in [2.24, 2.45) is 0 Å². The normalized spacial score (nSPS) is 13.3. The average Bonchev–Trinajstić information content (AvgIpc) is 3.54. The minimum atomic E-state index is -0.982. The number of hydrogen-bond acceptors (Lipinski definition) is 3. The van der Waals surface area contributed by atoms with Gasteiger partial charge in [-0.15, -0.1) is 0 Å². The highest BCUT2D eigenvalue weighted by Crippen LogP contribution is 2.55. The third-order valence-electron chi connectivity index (χ3n) is 14.1. The Bertz CT molecular complexity index is 2080. The summed E-state index contributed by atoms with van der Waals surface area (Å²) in [6, 6.07) is 39.2. The second-order valence-electron chi connectivity index (χ2n) is 19.5. The van der Waals surface area contributed by atoms with Gasteiger partial charge in [0.2, 0.25) is 0 Å². The van der Waals surface area contributed by atoms with Crippen LogP contribution in [0.4, 0.5) is 0 Å². The summed E-state index contributed by atoms with van der Waals surface area (Å²) < 4.78 is 6.06. The van der Waals surface area contributed by atoms with Crippen molar-refractivity contribution in [3.05, 3.63) is 132 Å². The first-order chi connectivity index (χ1) is 30.0. The first-order valence-electron chi connectivity index (χ1n) is 24.7. The van der Waals surface area contributed by atoms with Gasteiger partial charge in [0, 0.05) is 17.2 Å². The maximum absolute atomic E-state index is 10.6. The van der Waals surface area contributed by atoms with Gasteiger partial charge in [-0.1, -0.05) is 189 Å². The topological polar surface area (TPSA) is 42.4 Å². The summed E-state index contributed by atoms with van der Waals surface area (Å²) in [5.74, 6) is 0. The summed E-state index contributed by atoms with van der Waals surface area (Å²) in [7, 11) is 1.72. The average molecular weight is 831 g/mol. The molecule has 1 radical (unpaired) electrons. The molecule has 0 atom stereocenters. The summed E-state index contributed by atoms with van der Waals surface area (Å²) >= 11 is 0. The van der Waals surface area contributed by atoms with Gasteiger partial charge in [0.25, 0.3) is 0 Å². The quantitative estimate of drug-likeness (QED) is 0.0423. The molecule has 4 heteroatoms. The van der Waals surface area contributed by atoms with Gasteiger partial charge in [-0.05, 0) is 134 Å². The fourth-order valence-corrected chi connectivity index (χ4v) is 9.48. The molecular weight excluding hydrogens is 753 g/mol. The summed E-state index contributed by atoms with van der Waals surface area (Å²) in [5, 5.41) is 10.6. The van der Waals surface area contributed by atoms with E-state index < -0.39 is 11.2 Å². The Morgan fingerprint density at radius 2 is 1.06 bits per heavy atom. The van der Waals surface area contributed by atoms with Gasteiger partial charge in [0.1, 0.15) is 0 Å². The molecule has 1 N–H and O–H groups in total. The van der Waals surface area contributed by atoms with E-state index in [9.17, 15) is 5.11 Å². The number of aliphatic hydroxyl groups is 1. The van der Waals surface area contributed by atoms with Gasteiger partial charge in [0.15, 0.2) is 0 Å². The summed E-state index contributed by atoms with van der Waals surface area (Å²) in [5.41, 5.74) is 12.7. The Labute approximate surface area is 377 Å². The maximum Gasteiger partial charge on any atom is 0.332 e. The number of hydrogen-bond donors (Lipinski definition) is 1. The lowest BCUT2D eigenvalue weighted by molar-refractivity contribution is -0.0893. The molecule has 0 fully saturated rings. The van der Waals surface area contributed by atoms with E-state index in [1.165, 1.54) is 172 Å². The lowest BCUT2D eigenvalue weighted by Gasteiger charge is -2.37. The Morgan fingerprint density at radius 1 is 0.532 bits per heavy atom. The third-order valence-corrected chi connectivity index (χ3v) is 14.1. The van der Waals surface area contributed by atoms with Crippen molar-refractivity contribution < 1.29 is 9.76 Å². The molecule has 5 aromatic rings. The molecule has 1 aliphatic rings. The van der Waals surface area contributed by atoms with E-state index in [1.54, 1.807) is 21.3 Å². The van der Waals surface area contributed by atoms with Crippen LogP contribution in [-0.4, -0.2) is 28.8 Å². The number of aryl methyl sites for hydroxylation is 2. The molecule has 6 rings (SSSR count). The standard InChI is InChI=1S/C58H77BNO2/c1-7-9-11-13-17-24-39-58(40-25-18-14-12-10-8-2)53-42-48(47-32-26-31-46(41-47)30-21-16-15-20-27-45-28-22-19-23-29-45)33-36-51(53)52-37-34-49(43-54(52)58)55-38-35-50(44-60-55)59-62-57(5,6)56(3,4)61/h19,22-23,26,28-29,31-38,41-44,61H,7-18,20-21,24-25,27,30,39-40H2,1-6H3. The zero-order valence-corrected chi connectivity index (χ0v) is 39.4. The van der Waals surface area contributed by atoms with Gasteiger partial charge in [0.05, 0.1) is 16.9 Å². The number of benzene rings is 4. The van der Waals surface area contributed by atoms with E-state index in [4.69, 9.17) is 9.64 Å². The monoisotopic (exact) mass is 831 g/mol. The van der Waals surface area contributed by atoms with Crippen LogP contribution in [-0.2, 0) is 22.9 Å². The minimum absolute atomic E-state index is 0.0339. The number of fused-ring (bicyclic) bond motifs is 3. The second-order valence-corrected chi connectivity index (χ2v) is 19.5. The molecule has 3 nitrogen and oxygen atoms in total. The lowest BCUT2D eigenvalue weighted by atomic mass is 9.70. The summed E-state index contributed by atoms with van der Waals surface area (Å²) in [6.45, 7) is 12.0. The van der Waals surface area contributed by atoms with Crippen LogP contribution in [0.2, 0.25) is 0 Å². The zero-order chi connectivity index (χ0) is 43.8. The molecule has 0 bridgehead atoms. The molecule has 4 aromatic carbocycles. The van der Waals surface area contributed by atoms with Crippen LogP contribution in [0, 0.1) is 0 Å². The Morgan fingerprint density at radius 3 is 1.66 bits per heavy atom. The van der Waals surface area contributed by atoms with Gasteiger partial charge in [-0.25, -0.2) is 0 Å². The highest BCUT2D eigenvalue weighted by Gasteiger charge is 2.43. The molecule has 0 aliphatic heterocycles. The second kappa shape index (κ2) is 23.1. The molecule has 0 spiro atoms. The predicted octanol–water partition coefficient (Wildman–Crippen LogP) is 15.3. The Balaban J connectivity index is 1.27. The van der Waals surface area contributed by atoms with E-state index in [2.05, 4.69) is 117 Å². The van der Waals surface area contributed by atoms with E-state index in [1.807, 2.05) is 20.0 Å². The van der Waals surface area contributed by atoms with Crippen LogP contribution in [0.3, 0.4) is 0 Å². The molecule has 1 heterocycles. The molecular formula is C58H77BNO2. The van der Waals surface area contributed by atoms with E-state index in [0.29, 0.717) is 0 Å². The van der Waals surface area contributed by atoms with Crippen molar-refractivity contribution in [3.63, 3.8) is 0 Å². The highest BCUT2D eigenvalue weighted by molar-refractivity contribution is 6.46. The molecule has 62 heavy (non-hydrogen) atoms. The number of rotatable bonds is 27. The number of unbranched alkanes of at least 4 members (excludes halogenated alkanes) is 13. The fourth-order valence-electron chi connectivity index (χ4n) is 9.48. The largest absolute Gasteiger partial charge is 0.427 e.